The Kier molecular flexibility index (Phi) is 6.04. The van der Waals surface area contributed by atoms with Crippen molar-refractivity contribution in [1.82, 2.24) is 0 Å². The molecule has 43 heavy (non-hydrogen) atoms. The molecule has 0 spiro atoms. The zero-order valence-electron chi connectivity index (χ0n) is 24.8. The fourth-order valence-corrected chi connectivity index (χ4v) is 6.92. The lowest BCUT2D eigenvalue weighted by atomic mass is 9.88. The monoisotopic (exact) mass is 555 g/mol. The Morgan fingerprint density at radius 3 is 2.19 bits per heavy atom. The van der Waals surface area contributed by atoms with Gasteiger partial charge in [0.25, 0.3) is 0 Å². The van der Waals surface area contributed by atoms with Gasteiger partial charge in [-0.15, -0.1) is 0 Å². The summed E-state index contributed by atoms with van der Waals surface area (Å²) in [6.07, 6.45) is 1.03. The second kappa shape index (κ2) is 10.1. The molecular formula is C41H33NO. The molecule has 2 nitrogen and oxygen atoms in total. The number of aliphatic imine (C=N–C) groups is 1. The van der Waals surface area contributed by atoms with Crippen molar-refractivity contribution in [2.24, 2.45) is 10.9 Å². The molecule has 8 rings (SSSR count). The van der Waals surface area contributed by atoms with Crippen molar-refractivity contribution in [3.05, 3.63) is 144 Å². The van der Waals surface area contributed by atoms with E-state index in [0.29, 0.717) is 5.92 Å². The molecule has 7 aromatic carbocycles. The summed E-state index contributed by atoms with van der Waals surface area (Å²) in [5.74, 6) is 0.350. The van der Waals surface area contributed by atoms with Gasteiger partial charge in [0.05, 0.1) is 11.8 Å². The van der Waals surface area contributed by atoms with E-state index in [2.05, 4.69) is 142 Å². The van der Waals surface area contributed by atoms with Crippen LogP contribution < -0.4 is 0 Å². The van der Waals surface area contributed by atoms with Gasteiger partial charge in [-0.3, -0.25) is 4.99 Å². The van der Waals surface area contributed by atoms with Crippen LogP contribution in [0.25, 0.3) is 54.3 Å². The third-order valence-electron chi connectivity index (χ3n) is 9.35. The summed E-state index contributed by atoms with van der Waals surface area (Å²) in [6.45, 7) is 6.76. The first-order chi connectivity index (χ1) is 21.1. The third kappa shape index (κ3) is 4.05. The number of nitrogens with zero attached hydrogens (tertiary/aromatic N) is 1. The molecule has 0 saturated heterocycles. The maximum atomic E-state index is 6.72. The molecule has 1 aromatic heterocycles. The number of aryl methyl sites for hydroxylation is 1. The van der Waals surface area contributed by atoms with Crippen LogP contribution in [0.1, 0.15) is 48.6 Å². The molecule has 2 atom stereocenters. The topological polar surface area (TPSA) is 25.5 Å². The van der Waals surface area contributed by atoms with E-state index in [1.807, 2.05) is 0 Å². The fourth-order valence-electron chi connectivity index (χ4n) is 6.92. The van der Waals surface area contributed by atoms with Gasteiger partial charge in [0.1, 0.15) is 11.2 Å². The predicted molar refractivity (Wildman–Crippen MR) is 183 cm³/mol. The smallest absolute Gasteiger partial charge is 0.143 e. The highest BCUT2D eigenvalue weighted by atomic mass is 16.3. The maximum Gasteiger partial charge on any atom is 0.143 e. The molecule has 0 fully saturated rings. The first-order valence-corrected chi connectivity index (χ1v) is 15.3. The second-order valence-corrected chi connectivity index (χ2v) is 11.9. The lowest BCUT2D eigenvalue weighted by molar-refractivity contribution is 0.459. The fraction of sp³-hybridized carbons (Fsp3) is 0.146. The Hall–Kier alpha value is -4.95. The summed E-state index contributed by atoms with van der Waals surface area (Å²) in [7, 11) is 0. The standard InChI is InChI=1S/C41H33NO/c1-4-25(2)39(42-40(27-14-6-5-7-15-27)30-16-9-8-13-26(30)3)29-22-21-28-23-35-32-18-11-10-17-31(32)33-19-12-20-36-37(33)38(35)41(43-36)34(28)24-29/h5-25,39H,4H2,1-3H3. The highest BCUT2D eigenvalue weighted by Crippen LogP contribution is 2.45. The van der Waals surface area contributed by atoms with Crippen molar-refractivity contribution in [3.8, 4) is 0 Å². The zero-order valence-corrected chi connectivity index (χ0v) is 24.8. The summed E-state index contributed by atoms with van der Waals surface area (Å²) in [5, 5.41) is 9.84. The molecule has 8 aromatic rings. The summed E-state index contributed by atoms with van der Waals surface area (Å²) < 4.78 is 6.72. The van der Waals surface area contributed by atoms with E-state index in [1.54, 1.807) is 0 Å². The Morgan fingerprint density at radius 2 is 1.40 bits per heavy atom. The van der Waals surface area contributed by atoms with Gasteiger partial charge in [-0.25, -0.2) is 0 Å². The largest absolute Gasteiger partial charge is 0.455 e. The van der Waals surface area contributed by atoms with Crippen LogP contribution in [0.15, 0.2) is 131 Å². The minimum atomic E-state index is -0.00694. The number of rotatable bonds is 6. The normalized spacial score (nSPS) is 14.0. The van der Waals surface area contributed by atoms with Gasteiger partial charge in [-0.2, -0.15) is 0 Å². The van der Waals surface area contributed by atoms with Crippen LogP contribution in [-0.4, -0.2) is 5.71 Å². The molecule has 0 aliphatic carbocycles. The summed E-state index contributed by atoms with van der Waals surface area (Å²) >= 11 is 0. The van der Waals surface area contributed by atoms with Gasteiger partial charge in [-0.1, -0.05) is 123 Å². The molecule has 1 heterocycles. The zero-order chi connectivity index (χ0) is 29.1. The van der Waals surface area contributed by atoms with E-state index in [9.17, 15) is 0 Å². The van der Waals surface area contributed by atoms with Crippen molar-refractivity contribution in [2.45, 2.75) is 33.2 Å². The molecule has 0 saturated carbocycles. The quantitative estimate of drug-likeness (QED) is 0.114. The van der Waals surface area contributed by atoms with Crippen LogP contribution in [0.2, 0.25) is 0 Å². The van der Waals surface area contributed by atoms with Gasteiger partial charge < -0.3 is 4.42 Å². The Balaban J connectivity index is 1.40. The van der Waals surface area contributed by atoms with Crippen molar-refractivity contribution in [1.29, 1.82) is 0 Å². The number of hydrogen-bond acceptors (Lipinski definition) is 2. The van der Waals surface area contributed by atoms with Crippen molar-refractivity contribution >= 4 is 60.0 Å². The van der Waals surface area contributed by atoms with Crippen molar-refractivity contribution in [2.75, 3.05) is 0 Å². The SMILES string of the molecule is CCC(C)C(N=C(c1ccccc1)c1ccccc1C)c1ccc2cc3c4ccccc4c4cccc5oc(c2c1)c3c54. The molecule has 0 aliphatic heterocycles. The van der Waals surface area contributed by atoms with Gasteiger partial charge in [0.2, 0.25) is 0 Å². The lowest BCUT2D eigenvalue weighted by Crippen LogP contribution is -2.13. The molecule has 0 bridgehead atoms. The Bertz CT molecular complexity index is 2310. The third-order valence-corrected chi connectivity index (χ3v) is 9.35. The predicted octanol–water partition coefficient (Wildman–Crippen LogP) is 11.4. The van der Waals surface area contributed by atoms with Crippen molar-refractivity contribution in [3.63, 3.8) is 0 Å². The molecule has 0 amide bonds. The van der Waals surface area contributed by atoms with E-state index >= 15 is 0 Å². The Labute approximate surface area is 251 Å². The average Bonchev–Trinajstić information content (AvgIpc) is 3.46. The molecule has 0 aliphatic rings. The van der Waals surface area contributed by atoms with Crippen LogP contribution in [0.4, 0.5) is 0 Å². The first kappa shape index (κ1) is 25.7. The first-order valence-electron chi connectivity index (χ1n) is 15.3. The minimum Gasteiger partial charge on any atom is -0.455 e. The molecule has 208 valence electrons. The van der Waals surface area contributed by atoms with Gasteiger partial charge in [0, 0.05) is 27.3 Å². The second-order valence-electron chi connectivity index (χ2n) is 11.9. The van der Waals surface area contributed by atoms with Crippen LogP contribution in [0.3, 0.4) is 0 Å². The van der Waals surface area contributed by atoms with E-state index in [1.165, 1.54) is 54.4 Å². The lowest BCUT2D eigenvalue weighted by Gasteiger charge is -2.23. The van der Waals surface area contributed by atoms with Crippen molar-refractivity contribution < 1.29 is 4.42 Å². The molecule has 2 heteroatoms. The van der Waals surface area contributed by atoms with Crippen LogP contribution in [0.5, 0.6) is 0 Å². The van der Waals surface area contributed by atoms with Crippen LogP contribution >= 0.6 is 0 Å². The molecule has 0 N–H and O–H groups in total. The highest BCUT2D eigenvalue weighted by Gasteiger charge is 2.23. The van der Waals surface area contributed by atoms with E-state index in [4.69, 9.17) is 9.41 Å². The average molecular weight is 556 g/mol. The van der Waals surface area contributed by atoms with Crippen LogP contribution in [0, 0.1) is 12.8 Å². The number of fused-ring (bicyclic) bond motifs is 5. The minimum absolute atomic E-state index is 0.00694. The van der Waals surface area contributed by atoms with Gasteiger partial charge >= 0.3 is 0 Å². The number of benzene rings is 7. The molecule has 0 radical (unpaired) electrons. The summed E-state index contributed by atoms with van der Waals surface area (Å²) in [4.78, 5) is 5.61. The van der Waals surface area contributed by atoms with E-state index < -0.39 is 0 Å². The summed E-state index contributed by atoms with van der Waals surface area (Å²) in [6, 6.07) is 43.6. The van der Waals surface area contributed by atoms with Crippen LogP contribution in [-0.2, 0) is 0 Å². The summed E-state index contributed by atoms with van der Waals surface area (Å²) in [5.41, 5.74) is 7.74. The highest BCUT2D eigenvalue weighted by molar-refractivity contribution is 6.36. The molecular weight excluding hydrogens is 522 g/mol. The van der Waals surface area contributed by atoms with Gasteiger partial charge in [-0.05, 0) is 69.1 Å². The number of furan rings is 1. The maximum absolute atomic E-state index is 6.72. The van der Waals surface area contributed by atoms with E-state index in [0.717, 1.165) is 34.2 Å². The van der Waals surface area contributed by atoms with Gasteiger partial charge in [0.15, 0.2) is 0 Å². The number of hydrogen-bond donors (Lipinski definition) is 0. The molecule has 2 unspecified atom stereocenters. The Morgan fingerprint density at radius 1 is 0.674 bits per heavy atom. The van der Waals surface area contributed by atoms with E-state index in [-0.39, 0.29) is 6.04 Å².